The van der Waals surface area contributed by atoms with Crippen molar-refractivity contribution in [2.45, 2.75) is 13.8 Å². The second-order valence-corrected chi connectivity index (χ2v) is 4.02. The van der Waals surface area contributed by atoms with E-state index >= 15 is 0 Å². The quantitative estimate of drug-likeness (QED) is 0.744. The van der Waals surface area contributed by atoms with Crippen molar-refractivity contribution in [1.29, 1.82) is 0 Å². The molecular weight excluding hydrogens is 265 g/mol. The highest BCUT2D eigenvalue weighted by atomic mass is 19.1. The van der Waals surface area contributed by atoms with E-state index in [0.29, 0.717) is 38.7 Å². The summed E-state index contributed by atoms with van der Waals surface area (Å²) in [5, 5.41) is 2.53. The van der Waals surface area contributed by atoms with Crippen LogP contribution in [0.2, 0.25) is 0 Å². The van der Waals surface area contributed by atoms with Crippen molar-refractivity contribution in [3.63, 3.8) is 0 Å². The van der Waals surface area contributed by atoms with Gasteiger partial charge in [0.25, 0.3) is 0 Å². The number of carbonyl (C=O) groups is 1. The lowest BCUT2D eigenvalue weighted by atomic mass is 10.2. The molecule has 0 heterocycles. The van der Waals surface area contributed by atoms with E-state index in [1.165, 1.54) is 12.1 Å². The first-order chi connectivity index (χ1) is 9.63. The molecule has 0 radical (unpaired) electrons. The molecule has 0 bridgehead atoms. The lowest BCUT2D eigenvalue weighted by Gasteiger charge is -2.10. The average Bonchev–Trinajstić information content (AvgIpc) is 2.41. The van der Waals surface area contributed by atoms with Gasteiger partial charge in [-0.3, -0.25) is 0 Å². The molecule has 5 nitrogen and oxygen atoms in total. The fraction of sp³-hybridized carbons (Fsp3) is 0.500. The fourth-order valence-corrected chi connectivity index (χ4v) is 1.45. The number of aryl methyl sites for hydroxylation is 1. The number of hydrogen-bond acceptors (Lipinski definition) is 4. The number of benzene rings is 1. The van der Waals surface area contributed by atoms with Gasteiger partial charge < -0.3 is 19.5 Å². The minimum atomic E-state index is -0.456. The molecule has 0 aliphatic heterocycles. The Kier molecular flexibility index (Phi) is 7.42. The molecule has 0 atom stereocenters. The molecular formula is C14H20FNO4. The van der Waals surface area contributed by atoms with Gasteiger partial charge >= 0.3 is 6.09 Å². The van der Waals surface area contributed by atoms with Crippen LogP contribution in [0.4, 0.5) is 9.18 Å². The van der Waals surface area contributed by atoms with Gasteiger partial charge in [0.1, 0.15) is 18.2 Å². The van der Waals surface area contributed by atoms with Crippen molar-refractivity contribution < 1.29 is 23.4 Å². The molecule has 0 spiro atoms. The molecule has 1 N–H and O–H groups in total. The number of nitrogens with one attached hydrogen (secondary N) is 1. The van der Waals surface area contributed by atoms with Crippen LogP contribution in [0.25, 0.3) is 0 Å². The van der Waals surface area contributed by atoms with Crippen LogP contribution < -0.4 is 10.1 Å². The van der Waals surface area contributed by atoms with Gasteiger partial charge in [-0.1, -0.05) is 6.07 Å². The van der Waals surface area contributed by atoms with Crippen LogP contribution in [0.15, 0.2) is 18.2 Å². The monoisotopic (exact) mass is 285 g/mol. The van der Waals surface area contributed by atoms with Crippen molar-refractivity contribution in [3.8, 4) is 5.75 Å². The second kappa shape index (κ2) is 9.14. The van der Waals surface area contributed by atoms with Crippen molar-refractivity contribution in [1.82, 2.24) is 5.32 Å². The van der Waals surface area contributed by atoms with Crippen LogP contribution in [0.3, 0.4) is 0 Å². The first-order valence-corrected chi connectivity index (χ1v) is 6.50. The van der Waals surface area contributed by atoms with Crippen LogP contribution >= 0.6 is 0 Å². The van der Waals surface area contributed by atoms with E-state index in [1.807, 2.05) is 6.92 Å². The van der Waals surface area contributed by atoms with Gasteiger partial charge in [-0.2, -0.15) is 0 Å². The summed E-state index contributed by atoms with van der Waals surface area (Å²) in [7, 11) is 0. The lowest BCUT2D eigenvalue weighted by Crippen LogP contribution is -2.28. The summed E-state index contributed by atoms with van der Waals surface area (Å²) in [6.45, 7) is 5.35. The standard InChI is InChI=1S/C14H20FNO4/c1-3-19-14(17)16-6-7-18-8-9-20-13-10-12(15)5-4-11(13)2/h4-5,10H,3,6-9H2,1-2H3,(H,16,17). The number of hydrogen-bond donors (Lipinski definition) is 1. The Morgan fingerprint density at radius 1 is 1.30 bits per heavy atom. The van der Waals surface area contributed by atoms with Crippen molar-refractivity contribution in [2.24, 2.45) is 0 Å². The summed E-state index contributed by atoms with van der Waals surface area (Å²) >= 11 is 0. The van der Waals surface area contributed by atoms with Crippen molar-refractivity contribution >= 4 is 6.09 Å². The van der Waals surface area contributed by atoms with E-state index in [0.717, 1.165) is 5.56 Å². The smallest absolute Gasteiger partial charge is 0.407 e. The van der Waals surface area contributed by atoms with Gasteiger partial charge in [0.15, 0.2) is 0 Å². The summed E-state index contributed by atoms with van der Waals surface area (Å²) in [6, 6.07) is 4.40. The minimum absolute atomic E-state index is 0.323. The van der Waals surface area contributed by atoms with E-state index in [-0.39, 0.29) is 5.82 Å². The van der Waals surface area contributed by atoms with Crippen LogP contribution in [0.1, 0.15) is 12.5 Å². The second-order valence-electron chi connectivity index (χ2n) is 4.02. The summed E-state index contributed by atoms with van der Waals surface area (Å²) in [5.74, 6) is 0.184. The Balaban J connectivity index is 2.07. The minimum Gasteiger partial charge on any atom is -0.491 e. The fourth-order valence-electron chi connectivity index (χ4n) is 1.45. The third-order valence-electron chi connectivity index (χ3n) is 2.43. The normalized spacial score (nSPS) is 10.2. The van der Waals surface area contributed by atoms with Gasteiger partial charge in [-0.05, 0) is 25.5 Å². The van der Waals surface area contributed by atoms with Crippen molar-refractivity contribution in [2.75, 3.05) is 33.0 Å². The SMILES string of the molecule is CCOC(=O)NCCOCCOc1cc(F)ccc1C. The predicted octanol–water partition coefficient (Wildman–Crippen LogP) is 2.28. The van der Waals surface area contributed by atoms with Gasteiger partial charge in [0, 0.05) is 12.6 Å². The van der Waals surface area contributed by atoms with Gasteiger partial charge in [-0.25, -0.2) is 9.18 Å². The van der Waals surface area contributed by atoms with Crippen LogP contribution in [-0.2, 0) is 9.47 Å². The molecule has 0 unspecified atom stereocenters. The molecule has 1 rings (SSSR count). The largest absolute Gasteiger partial charge is 0.491 e. The number of rotatable bonds is 8. The number of ether oxygens (including phenoxy) is 3. The summed E-state index contributed by atoms with van der Waals surface area (Å²) in [4.78, 5) is 10.9. The summed E-state index contributed by atoms with van der Waals surface area (Å²) in [5.41, 5.74) is 0.871. The Bertz CT molecular complexity index is 426. The topological polar surface area (TPSA) is 56.8 Å². The summed E-state index contributed by atoms with van der Waals surface area (Å²) < 4.78 is 28.4. The number of halogens is 1. The molecule has 1 amide bonds. The van der Waals surface area contributed by atoms with E-state index in [9.17, 15) is 9.18 Å². The highest BCUT2D eigenvalue weighted by Crippen LogP contribution is 2.18. The first kappa shape index (κ1) is 16.2. The molecule has 0 saturated carbocycles. The zero-order valence-electron chi connectivity index (χ0n) is 11.8. The maximum absolute atomic E-state index is 13.0. The zero-order chi connectivity index (χ0) is 14.8. The molecule has 1 aromatic rings. The molecule has 0 fully saturated rings. The number of carbonyl (C=O) groups excluding carboxylic acids is 1. The highest BCUT2D eigenvalue weighted by molar-refractivity contribution is 5.66. The van der Waals surface area contributed by atoms with Gasteiger partial charge in [-0.15, -0.1) is 0 Å². The Labute approximate surface area is 118 Å². The molecule has 0 aliphatic rings. The van der Waals surface area contributed by atoms with E-state index < -0.39 is 6.09 Å². The summed E-state index contributed by atoms with van der Waals surface area (Å²) in [6.07, 6.45) is -0.456. The maximum Gasteiger partial charge on any atom is 0.407 e. The number of amides is 1. The maximum atomic E-state index is 13.0. The number of alkyl carbamates (subject to hydrolysis) is 1. The van der Waals surface area contributed by atoms with E-state index in [4.69, 9.17) is 9.47 Å². The molecule has 0 saturated heterocycles. The van der Waals surface area contributed by atoms with Crippen LogP contribution in [-0.4, -0.2) is 39.1 Å². The third-order valence-corrected chi connectivity index (χ3v) is 2.43. The predicted molar refractivity (Wildman–Crippen MR) is 72.5 cm³/mol. The molecule has 6 heteroatoms. The third kappa shape index (κ3) is 6.38. The Hall–Kier alpha value is -1.82. The average molecular weight is 285 g/mol. The Morgan fingerprint density at radius 3 is 2.85 bits per heavy atom. The molecule has 20 heavy (non-hydrogen) atoms. The highest BCUT2D eigenvalue weighted by Gasteiger charge is 2.02. The van der Waals surface area contributed by atoms with Gasteiger partial charge in [0.2, 0.25) is 0 Å². The van der Waals surface area contributed by atoms with Gasteiger partial charge in [0.05, 0.1) is 19.8 Å². The van der Waals surface area contributed by atoms with Crippen LogP contribution in [0, 0.1) is 12.7 Å². The van der Waals surface area contributed by atoms with E-state index in [1.54, 1.807) is 13.0 Å². The van der Waals surface area contributed by atoms with Crippen molar-refractivity contribution in [3.05, 3.63) is 29.6 Å². The molecule has 0 aromatic heterocycles. The lowest BCUT2D eigenvalue weighted by molar-refractivity contribution is 0.0978. The Morgan fingerprint density at radius 2 is 2.10 bits per heavy atom. The first-order valence-electron chi connectivity index (χ1n) is 6.50. The van der Waals surface area contributed by atoms with E-state index in [2.05, 4.69) is 10.1 Å². The molecule has 112 valence electrons. The molecule has 0 aliphatic carbocycles. The zero-order valence-corrected chi connectivity index (χ0v) is 11.8. The molecule has 1 aromatic carbocycles. The van der Waals surface area contributed by atoms with Crippen LogP contribution in [0.5, 0.6) is 5.75 Å².